The lowest BCUT2D eigenvalue weighted by atomic mass is 10.2. The molecule has 0 aromatic heterocycles. The second-order valence-corrected chi connectivity index (χ2v) is 11.9. The summed E-state index contributed by atoms with van der Waals surface area (Å²) >= 11 is 7.89. The van der Waals surface area contributed by atoms with E-state index >= 15 is 0 Å². The Morgan fingerprint density at radius 2 is 1.80 bits per heavy atom. The summed E-state index contributed by atoms with van der Waals surface area (Å²) in [7, 11) is 0. The Bertz CT molecular complexity index is 434. The Morgan fingerprint density at radius 3 is 2.40 bits per heavy atom. The average Bonchev–Trinajstić information content (AvgIpc) is 2.26. The first-order valence-corrected chi connectivity index (χ1v) is 9.64. The van der Waals surface area contributed by atoms with Crippen LogP contribution in [0.3, 0.4) is 0 Å². The summed E-state index contributed by atoms with van der Waals surface area (Å²) in [5, 5.41) is 0.0188. The van der Waals surface area contributed by atoms with Crippen molar-refractivity contribution in [3.05, 3.63) is 41.5 Å². The van der Waals surface area contributed by atoms with Gasteiger partial charge in [0.2, 0.25) is 0 Å². The van der Waals surface area contributed by atoms with E-state index in [0.29, 0.717) is 0 Å². The normalized spacial score (nSPS) is 26.8. The van der Waals surface area contributed by atoms with Crippen LogP contribution in [0.15, 0.2) is 41.5 Å². The van der Waals surface area contributed by atoms with E-state index in [4.69, 9.17) is 11.8 Å². The molecule has 1 aromatic carbocycles. The van der Waals surface area contributed by atoms with Gasteiger partial charge in [0.15, 0.2) is 0 Å². The highest BCUT2D eigenvalue weighted by Crippen LogP contribution is 2.61. The monoisotopic (exact) mass is 254 g/mol. The Kier molecular flexibility index (Phi) is 3.39. The van der Waals surface area contributed by atoms with Crippen LogP contribution in [0.2, 0.25) is 0 Å². The van der Waals surface area contributed by atoms with Gasteiger partial charge in [0.1, 0.15) is 0 Å². The van der Waals surface area contributed by atoms with E-state index in [9.17, 15) is 0 Å². The molecule has 0 aliphatic carbocycles. The van der Waals surface area contributed by atoms with E-state index in [1.165, 1.54) is 16.5 Å². The summed E-state index contributed by atoms with van der Waals surface area (Å²) in [6, 6.07) is 10.7. The summed E-state index contributed by atoms with van der Waals surface area (Å²) in [4.78, 5) is 0. The van der Waals surface area contributed by atoms with Crippen molar-refractivity contribution in [2.75, 3.05) is 11.9 Å². The van der Waals surface area contributed by atoms with Crippen molar-refractivity contribution in [1.82, 2.24) is 0 Å². The highest BCUT2D eigenvalue weighted by molar-refractivity contribution is 8.73. The van der Waals surface area contributed by atoms with Crippen LogP contribution >= 0.6 is 16.6 Å². The minimum atomic E-state index is -1.37. The van der Waals surface area contributed by atoms with E-state index < -0.39 is 5.24 Å². The molecule has 0 nitrogen and oxygen atoms in total. The maximum atomic E-state index is 5.89. The van der Waals surface area contributed by atoms with Gasteiger partial charge in [-0.3, -0.25) is 0 Å². The van der Waals surface area contributed by atoms with Crippen molar-refractivity contribution in [3.8, 4) is 0 Å². The maximum absolute atomic E-state index is 5.89. The van der Waals surface area contributed by atoms with Gasteiger partial charge in [0.05, 0.1) is 0 Å². The first kappa shape index (κ1) is 11.4. The number of hydrogen-bond donors (Lipinski definition) is 0. The Hall–Kier alpha value is -0.0400. The maximum Gasteiger partial charge on any atom is 0.0379 e. The third-order valence-electron chi connectivity index (χ3n) is 2.81. The van der Waals surface area contributed by atoms with Gasteiger partial charge in [-0.25, -0.2) is 0 Å². The van der Waals surface area contributed by atoms with Crippen molar-refractivity contribution in [1.29, 1.82) is 0 Å². The zero-order valence-electron chi connectivity index (χ0n) is 9.06. The van der Waals surface area contributed by atoms with Crippen molar-refractivity contribution in [2.24, 2.45) is 0 Å². The first-order valence-electron chi connectivity index (χ1n) is 5.06. The molecule has 0 saturated heterocycles. The second-order valence-electron chi connectivity index (χ2n) is 4.00. The van der Waals surface area contributed by atoms with Crippen LogP contribution in [-0.2, 0) is 11.8 Å². The summed E-state index contributed by atoms with van der Waals surface area (Å²) < 4.78 is 0. The molecule has 1 atom stereocenters. The first-order chi connectivity index (χ1) is 7.12. The molecule has 0 spiro atoms. The van der Waals surface area contributed by atoms with Gasteiger partial charge in [-0.05, 0) is 19.2 Å². The van der Waals surface area contributed by atoms with Crippen LogP contribution < -0.4 is 5.30 Å². The molecule has 1 aliphatic rings. The summed E-state index contributed by atoms with van der Waals surface area (Å²) in [5.41, 5.74) is 3.04. The van der Waals surface area contributed by atoms with E-state index in [1.807, 2.05) is 11.4 Å². The van der Waals surface area contributed by atoms with Gasteiger partial charge >= 0.3 is 0 Å². The fourth-order valence-corrected chi connectivity index (χ4v) is 8.52. The van der Waals surface area contributed by atoms with Crippen LogP contribution in [0.5, 0.6) is 0 Å². The summed E-state index contributed by atoms with van der Waals surface area (Å²) in [5.74, 6) is 1.12. The van der Waals surface area contributed by atoms with Crippen LogP contribution in [-0.4, -0.2) is 11.9 Å². The lowest BCUT2D eigenvalue weighted by molar-refractivity contribution is 1.24. The standard InChI is InChI=1S/C12H15PS2/c1-10-8-13(14,15-9-11(10)2)12-6-4-3-5-7-12/h3-7H,8-9H2,1-2H3/t13-/m1/s1. The molecule has 15 heavy (non-hydrogen) atoms. The summed E-state index contributed by atoms with van der Waals surface area (Å²) in [6.07, 6.45) is 1.11. The quantitative estimate of drug-likeness (QED) is 0.552. The van der Waals surface area contributed by atoms with Gasteiger partial charge in [-0.2, -0.15) is 0 Å². The fourth-order valence-electron chi connectivity index (χ4n) is 1.64. The van der Waals surface area contributed by atoms with Crippen LogP contribution in [0.4, 0.5) is 0 Å². The molecule has 1 aromatic rings. The molecule has 0 bridgehead atoms. The largest absolute Gasteiger partial charge is 0.115 e. The van der Waals surface area contributed by atoms with Crippen LogP contribution in [0.1, 0.15) is 13.8 Å². The SMILES string of the molecule is CC1=C(C)C[P@](=S)(c2ccccc2)SC1. The van der Waals surface area contributed by atoms with Crippen molar-refractivity contribution in [2.45, 2.75) is 13.8 Å². The molecule has 0 saturated carbocycles. The van der Waals surface area contributed by atoms with Gasteiger partial charge in [0, 0.05) is 17.2 Å². The molecule has 0 unspecified atom stereocenters. The highest BCUT2D eigenvalue weighted by atomic mass is 32.9. The molecule has 80 valence electrons. The Balaban J connectivity index is 2.35. The van der Waals surface area contributed by atoms with Gasteiger partial charge in [-0.1, -0.05) is 53.3 Å². The molecule has 3 heteroatoms. The van der Waals surface area contributed by atoms with Crippen molar-refractivity contribution >= 4 is 33.7 Å². The number of benzene rings is 1. The minimum Gasteiger partial charge on any atom is -0.115 e. The topological polar surface area (TPSA) is 0 Å². The van der Waals surface area contributed by atoms with Crippen LogP contribution in [0.25, 0.3) is 0 Å². The van der Waals surface area contributed by atoms with Gasteiger partial charge < -0.3 is 0 Å². The molecule has 0 amide bonds. The molecule has 1 aliphatic heterocycles. The van der Waals surface area contributed by atoms with E-state index in [1.54, 1.807) is 0 Å². The molecule has 0 radical (unpaired) electrons. The zero-order valence-corrected chi connectivity index (χ0v) is 11.6. The fraction of sp³-hybridized carbons (Fsp3) is 0.333. The second kappa shape index (κ2) is 4.45. The Labute approximate surface area is 101 Å². The Morgan fingerprint density at radius 1 is 1.13 bits per heavy atom. The van der Waals surface area contributed by atoms with Gasteiger partial charge in [0.25, 0.3) is 0 Å². The smallest absolute Gasteiger partial charge is 0.0379 e. The predicted molar refractivity (Wildman–Crippen MR) is 76.1 cm³/mol. The average molecular weight is 254 g/mol. The lowest BCUT2D eigenvalue weighted by Crippen LogP contribution is -2.10. The van der Waals surface area contributed by atoms with E-state index in [0.717, 1.165) is 11.9 Å². The molecular formula is C12H15PS2. The van der Waals surface area contributed by atoms with Crippen molar-refractivity contribution < 1.29 is 0 Å². The van der Waals surface area contributed by atoms with Crippen molar-refractivity contribution in [3.63, 3.8) is 0 Å². The minimum absolute atomic E-state index is 1.11. The lowest BCUT2D eigenvalue weighted by Gasteiger charge is -2.28. The van der Waals surface area contributed by atoms with Crippen LogP contribution in [0, 0.1) is 0 Å². The molecule has 1 heterocycles. The summed E-state index contributed by atoms with van der Waals surface area (Å²) in [6.45, 7) is 4.46. The molecule has 0 N–H and O–H groups in total. The third kappa shape index (κ3) is 2.38. The number of hydrogen-bond acceptors (Lipinski definition) is 2. The molecule has 2 rings (SSSR count). The molecular weight excluding hydrogens is 239 g/mol. The number of allylic oxidation sites excluding steroid dienone is 1. The zero-order chi connectivity index (χ0) is 10.9. The van der Waals surface area contributed by atoms with E-state index in [-0.39, 0.29) is 0 Å². The van der Waals surface area contributed by atoms with Gasteiger partial charge in [-0.15, -0.1) is 11.4 Å². The molecule has 0 fully saturated rings. The highest BCUT2D eigenvalue weighted by Gasteiger charge is 2.25. The number of rotatable bonds is 1. The third-order valence-corrected chi connectivity index (χ3v) is 10.4. The van der Waals surface area contributed by atoms with E-state index in [2.05, 4.69) is 44.2 Å². The predicted octanol–water partition coefficient (Wildman–Crippen LogP) is 3.79.